The minimum absolute atomic E-state index is 0.126. The van der Waals surface area contributed by atoms with Crippen LogP contribution in [-0.4, -0.2) is 51.8 Å². The fraction of sp³-hybridized carbons (Fsp3) is 0.550. The zero-order valence-electron chi connectivity index (χ0n) is 16.9. The number of hydrogen-bond donors (Lipinski definition) is 2. The first-order valence-electron chi connectivity index (χ1n) is 9.97. The first-order chi connectivity index (χ1) is 14.0. The van der Waals surface area contributed by atoms with Gasteiger partial charge in [0.15, 0.2) is 5.69 Å². The lowest BCUT2D eigenvalue weighted by Crippen LogP contribution is -2.46. The average molecular weight is 422 g/mol. The summed E-state index contributed by atoms with van der Waals surface area (Å²) in [4.78, 5) is 16.6. The second-order valence-electron chi connectivity index (χ2n) is 8.54. The van der Waals surface area contributed by atoms with Gasteiger partial charge in [0.2, 0.25) is 5.95 Å². The Morgan fingerprint density at radius 1 is 1.10 bits per heavy atom. The topological polar surface area (TPSA) is 91.4 Å². The molecule has 0 saturated carbocycles. The molecule has 3 N–H and O–H groups in total. The van der Waals surface area contributed by atoms with Gasteiger partial charge in [-0.15, -0.1) is 0 Å². The normalized spacial score (nSPS) is 19.7. The van der Waals surface area contributed by atoms with Crippen molar-refractivity contribution in [1.29, 1.82) is 0 Å². The minimum atomic E-state index is -4.66. The van der Waals surface area contributed by atoms with Gasteiger partial charge >= 0.3 is 6.18 Å². The molecule has 10 heteroatoms. The van der Waals surface area contributed by atoms with Gasteiger partial charge < -0.3 is 20.6 Å². The summed E-state index contributed by atoms with van der Waals surface area (Å²) in [6.07, 6.45) is -3.59. The zero-order valence-corrected chi connectivity index (χ0v) is 16.9. The van der Waals surface area contributed by atoms with Gasteiger partial charge in [0, 0.05) is 37.8 Å². The lowest BCUT2D eigenvalue weighted by atomic mass is 9.94. The maximum absolute atomic E-state index is 13.6. The SMILES string of the molecule is CC1CN(c2cc(-c3ccc(N)nc3C(F)(F)F)nc(N3CCC(C)(O)CC3)n2)C1. The number of nitrogen functional groups attached to an aromatic ring is 1. The molecule has 0 amide bonds. The number of piperidine rings is 1. The van der Waals surface area contributed by atoms with E-state index in [0.717, 1.165) is 13.1 Å². The molecule has 2 aromatic heterocycles. The van der Waals surface area contributed by atoms with Crippen molar-refractivity contribution in [1.82, 2.24) is 15.0 Å². The van der Waals surface area contributed by atoms with Gasteiger partial charge in [-0.1, -0.05) is 6.92 Å². The van der Waals surface area contributed by atoms with Gasteiger partial charge in [-0.2, -0.15) is 18.2 Å². The van der Waals surface area contributed by atoms with Crippen molar-refractivity contribution in [3.8, 4) is 11.3 Å². The van der Waals surface area contributed by atoms with Crippen molar-refractivity contribution < 1.29 is 18.3 Å². The Hall–Kier alpha value is -2.62. The molecule has 0 aromatic carbocycles. The standard InChI is InChI=1S/C20H25F3N6O/c1-12-10-29(11-12)16-9-14(13-3-4-15(24)26-17(13)20(21,22)23)25-18(27-16)28-7-5-19(2,30)6-8-28/h3-4,9,12,30H,5-8,10-11H2,1-2H3,(H2,24,26). The lowest BCUT2D eigenvalue weighted by Gasteiger charge is -2.39. The fourth-order valence-electron chi connectivity index (χ4n) is 3.83. The Bertz CT molecular complexity index is 933. The van der Waals surface area contributed by atoms with E-state index in [0.29, 0.717) is 43.6 Å². The summed E-state index contributed by atoms with van der Waals surface area (Å²) in [6, 6.07) is 4.23. The van der Waals surface area contributed by atoms with E-state index in [1.54, 1.807) is 13.0 Å². The molecule has 0 atom stereocenters. The van der Waals surface area contributed by atoms with E-state index in [9.17, 15) is 18.3 Å². The molecule has 7 nitrogen and oxygen atoms in total. The highest BCUT2D eigenvalue weighted by atomic mass is 19.4. The molecule has 0 unspecified atom stereocenters. The number of aromatic nitrogens is 3. The molecule has 4 rings (SSSR count). The number of pyridine rings is 1. The zero-order chi connectivity index (χ0) is 21.7. The number of hydrogen-bond acceptors (Lipinski definition) is 7. The number of alkyl halides is 3. The van der Waals surface area contributed by atoms with Crippen molar-refractivity contribution in [2.75, 3.05) is 41.7 Å². The smallest absolute Gasteiger partial charge is 0.390 e. The molecule has 0 spiro atoms. The first-order valence-corrected chi connectivity index (χ1v) is 9.97. The maximum Gasteiger partial charge on any atom is 0.434 e. The Labute approximate surface area is 172 Å². The predicted octanol–water partition coefficient (Wildman–Crippen LogP) is 2.95. The van der Waals surface area contributed by atoms with Crippen molar-refractivity contribution in [3.05, 3.63) is 23.9 Å². The van der Waals surface area contributed by atoms with Crippen LogP contribution in [-0.2, 0) is 6.18 Å². The van der Waals surface area contributed by atoms with Gasteiger partial charge in [-0.25, -0.2) is 9.97 Å². The van der Waals surface area contributed by atoms with Crippen LogP contribution in [0.25, 0.3) is 11.3 Å². The molecule has 0 bridgehead atoms. The van der Waals surface area contributed by atoms with Crippen LogP contribution in [0.4, 0.5) is 30.8 Å². The summed E-state index contributed by atoms with van der Waals surface area (Å²) >= 11 is 0. The summed E-state index contributed by atoms with van der Waals surface area (Å²) in [7, 11) is 0. The quantitative estimate of drug-likeness (QED) is 0.786. The number of aliphatic hydroxyl groups is 1. The number of halogens is 3. The molecule has 2 saturated heterocycles. The molecule has 30 heavy (non-hydrogen) atoms. The summed E-state index contributed by atoms with van der Waals surface area (Å²) < 4.78 is 40.9. The van der Waals surface area contributed by atoms with Crippen LogP contribution in [0.3, 0.4) is 0 Å². The van der Waals surface area contributed by atoms with Crippen LogP contribution in [0.1, 0.15) is 32.4 Å². The van der Waals surface area contributed by atoms with Crippen molar-refractivity contribution in [3.63, 3.8) is 0 Å². The molecule has 4 heterocycles. The van der Waals surface area contributed by atoms with Crippen LogP contribution in [0, 0.1) is 5.92 Å². The minimum Gasteiger partial charge on any atom is -0.390 e. The molecule has 2 aliphatic rings. The van der Waals surface area contributed by atoms with E-state index < -0.39 is 17.5 Å². The highest BCUT2D eigenvalue weighted by Crippen LogP contribution is 2.38. The van der Waals surface area contributed by atoms with E-state index in [1.165, 1.54) is 12.1 Å². The molecule has 162 valence electrons. The van der Waals surface area contributed by atoms with Gasteiger partial charge in [-0.3, -0.25) is 0 Å². The van der Waals surface area contributed by atoms with Crippen LogP contribution < -0.4 is 15.5 Å². The number of anilines is 3. The summed E-state index contributed by atoms with van der Waals surface area (Å²) in [6.45, 7) is 6.52. The Morgan fingerprint density at radius 3 is 2.37 bits per heavy atom. The number of rotatable bonds is 3. The van der Waals surface area contributed by atoms with Crippen LogP contribution in [0.15, 0.2) is 18.2 Å². The molecule has 0 radical (unpaired) electrons. The van der Waals surface area contributed by atoms with Gasteiger partial charge in [0.05, 0.1) is 11.3 Å². The maximum atomic E-state index is 13.6. The summed E-state index contributed by atoms with van der Waals surface area (Å²) in [5.41, 5.74) is 3.73. The van der Waals surface area contributed by atoms with Crippen LogP contribution in [0.5, 0.6) is 0 Å². The lowest BCUT2D eigenvalue weighted by molar-refractivity contribution is -0.140. The molecule has 2 fully saturated rings. The van der Waals surface area contributed by atoms with E-state index in [4.69, 9.17) is 5.73 Å². The molecular formula is C20H25F3N6O. The van der Waals surface area contributed by atoms with Crippen molar-refractivity contribution in [2.24, 2.45) is 5.92 Å². The Morgan fingerprint density at radius 2 is 1.77 bits per heavy atom. The van der Waals surface area contributed by atoms with Gasteiger partial charge in [0.25, 0.3) is 0 Å². The highest BCUT2D eigenvalue weighted by molar-refractivity contribution is 5.69. The highest BCUT2D eigenvalue weighted by Gasteiger charge is 2.37. The number of nitrogens with zero attached hydrogens (tertiary/aromatic N) is 5. The average Bonchev–Trinajstić information content (AvgIpc) is 2.64. The van der Waals surface area contributed by atoms with Crippen LogP contribution in [0.2, 0.25) is 0 Å². The Kier molecular flexibility index (Phi) is 5.00. The van der Waals surface area contributed by atoms with E-state index >= 15 is 0 Å². The Balaban J connectivity index is 1.78. The summed E-state index contributed by atoms with van der Waals surface area (Å²) in [5.74, 6) is 1.26. The second kappa shape index (κ2) is 7.26. The molecule has 2 aromatic rings. The van der Waals surface area contributed by atoms with E-state index in [-0.39, 0.29) is 17.1 Å². The summed E-state index contributed by atoms with van der Waals surface area (Å²) in [5, 5.41) is 10.2. The largest absolute Gasteiger partial charge is 0.434 e. The molecule has 0 aliphatic carbocycles. The first kappa shape index (κ1) is 20.6. The third-order valence-electron chi connectivity index (χ3n) is 5.67. The second-order valence-corrected chi connectivity index (χ2v) is 8.54. The van der Waals surface area contributed by atoms with Crippen LogP contribution >= 0.6 is 0 Å². The third-order valence-corrected chi connectivity index (χ3v) is 5.67. The van der Waals surface area contributed by atoms with E-state index in [1.807, 2.05) is 9.80 Å². The van der Waals surface area contributed by atoms with Gasteiger partial charge in [0.1, 0.15) is 11.6 Å². The van der Waals surface area contributed by atoms with Gasteiger partial charge in [-0.05, 0) is 37.8 Å². The van der Waals surface area contributed by atoms with E-state index in [2.05, 4.69) is 21.9 Å². The predicted molar refractivity (Wildman–Crippen MR) is 108 cm³/mol. The van der Waals surface area contributed by atoms with Crippen molar-refractivity contribution >= 4 is 17.6 Å². The molecular weight excluding hydrogens is 397 g/mol. The monoisotopic (exact) mass is 422 g/mol. The third kappa shape index (κ3) is 4.14. The number of nitrogens with two attached hydrogens (primary N) is 1. The molecule has 2 aliphatic heterocycles. The fourth-order valence-corrected chi connectivity index (χ4v) is 3.83. The van der Waals surface area contributed by atoms with Crippen molar-refractivity contribution in [2.45, 2.75) is 38.5 Å².